The lowest BCUT2D eigenvalue weighted by atomic mass is 10.2. The molecule has 23 heavy (non-hydrogen) atoms. The summed E-state index contributed by atoms with van der Waals surface area (Å²) in [5, 5.41) is 17.4. The van der Waals surface area contributed by atoms with Gasteiger partial charge < -0.3 is 9.67 Å². The smallest absolute Gasteiger partial charge is 0.304 e. The second-order valence-corrected chi connectivity index (χ2v) is 7.62. The van der Waals surface area contributed by atoms with Crippen LogP contribution in [0.1, 0.15) is 6.42 Å². The van der Waals surface area contributed by atoms with E-state index in [1.54, 1.807) is 35.9 Å². The van der Waals surface area contributed by atoms with Crippen molar-refractivity contribution in [3.05, 3.63) is 24.3 Å². The molecule has 0 aliphatic carbocycles. The molecule has 2 aromatic rings. The van der Waals surface area contributed by atoms with E-state index >= 15 is 0 Å². The van der Waals surface area contributed by atoms with E-state index in [-0.39, 0.29) is 6.42 Å². The highest BCUT2D eigenvalue weighted by Gasteiger charge is 2.12. The first-order valence-electron chi connectivity index (χ1n) is 6.58. The number of nitrogens with one attached hydrogen (secondary N) is 1. The largest absolute Gasteiger partial charge is 0.481 e. The zero-order valence-electron chi connectivity index (χ0n) is 12.6. The van der Waals surface area contributed by atoms with Gasteiger partial charge in [-0.25, -0.2) is 8.42 Å². The SMILES string of the molecule is Cn1c(SCCC(=O)O)nnc1-c1ccc(NS(C)(=O)=O)cc1. The van der Waals surface area contributed by atoms with Crippen molar-refractivity contribution in [2.45, 2.75) is 11.6 Å². The van der Waals surface area contributed by atoms with Gasteiger partial charge in [0.1, 0.15) is 0 Å². The summed E-state index contributed by atoms with van der Waals surface area (Å²) in [5.41, 5.74) is 1.25. The molecule has 2 rings (SSSR count). The Kier molecular flexibility index (Phi) is 5.26. The average molecular weight is 356 g/mol. The molecule has 1 heterocycles. The standard InChI is InChI=1S/C13H16N4O4S2/c1-17-12(14-15-13(17)22-8-7-11(18)19)9-3-5-10(6-4-9)16-23(2,20)21/h3-6,16H,7-8H2,1-2H3,(H,18,19). The molecule has 0 saturated carbocycles. The first kappa shape index (κ1) is 17.3. The highest BCUT2D eigenvalue weighted by molar-refractivity contribution is 7.99. The maximum atomic E-state index is 11.2. The Morgan fingerprint density at radius 3 is 2.52 bits per heavy atom. The van der Waals surface area contributed by atoms with Crippen LogP contribution in [-0.2, 0) is 21.9 Å². The van der Waals surface area contributed by atoms with Gasteiger partial charge in [0.15, 0.2) is 11.0 Å². The predicted octanol–water partition coefficient (Wildman–Crippen LogP) is 1.42. The number of thioether (sulfide) groups is 1. The summed E-state index contributed by atoms with van der Waals surface area (Å²) in [5.74, 6) is 0.181. The Labute approximate surface area is 138 Å². The molecule has 10 heteroatoms. The van der Waals surface area contributed by atoms with E-state index in [0.29, 0.717) is 22.4 Å². The third kappa shape index (κ3) is 4.96. The lowest BCUT2D eigenvalue weighted by molar-refractivity contribution is -0.136. The van der Waals surface area contributed by atoms with Crippen LogP contribution in [0.15, 0.2) is 29.4 Å². The molecule has 1 aromatic heterocycles. The summed E-state index contributed by atoms with van der Waals surface area (Å²) in [4.78, 5) is 10.5. The molecule has 0 amide bonds. The van der Waals surface area contributed by atoms with Gasteiger partial charge in [0.2, 0.25) is 10.0 Å². The van der Waals surface area contributed by atoms with Crippen LogP contribution in [0.4, 0.5) is 5.69 Å². The van der Waals surface area contributed by atoms with Crippen molar-refractivity contribution >= 4 is 33.4 Å². The number of benzene rings is 1. The zero-order valence-corrected chi connectivity index (χ0v) is 14.2. The van der Waals surface area contributed by atoms with E-state index in [1.165, 1.54) is 11.8 Å². The van der Waals surface area contributed by atoms with Gasteiger partial charge in [0.05, 0.1) is 12.7 Å². The first-order valence-corrected chi connectivity index (χ1v) is 9.46. The third-order valence-electron chi connectivity index (χ3n) is 2.83. The van der Waals surface area contributed by atoms with Gasteiger partial charge in [-0.15, -0.1) is 10.2 Å². The maximum Gasteiger partial charge on any atom is 0.304 e. The van der Waals surface area contributed by atoms with Crippen LogP contribution in [0.25, 0.3) is 11.4 Å². The fraction of sp³-hybridized carbons (Fsp3) is 0.308. The molecule has 0 saturated heterocycles. The fourth-order valence-electron chi connectivity index (χ4n) is 1.82. The quantitative estimate of drug-likeness (QED) is 0.721. The molecular formula is C13H16N4O4S2. The van der Waals surface area contributed by atoms with E-state index < -0.39 is 16.0 Å². The Bertz CT molecular complexity index is 800. The van der Waals surface area contributed by atoms with Crippen LogP contribution < -0.4 is 4.72 Å². The molecular weight excluding hydrogens is 340 g/mol. The molecule has 0 aliphatic rings. The van der Waals surface area contributed by atoms with Crippen molar-refractivity contribution < 1.29 is 18.3 Å². The van der Waals surface area contributed by atoms with Crippen molar-refractivity contribution in [1.82, 2.24) is 14.8 Å². The number of carboxylic acids is 1. The Balaban J connectivity index is 2.13. The number of carbonyl (C=O) groups is 1. The molecule has 0 radical (unpaired) electrons. The Morgan fingerprint density at radius 1 is 1.30 bits per heavy atom. The first-order chi connectivity index (χ1) is 10.8. The molecule has 0 spiro atoms. The van der Waals surface area contributed by atoms with Crippen molar-refractivity contribution in [2.75, 3.05) is 16.7 Å². The second-order valence-electron chi connectivity index (χ2n) is 4.81. The number of carboxylic acid groups (broad SMARTS) is 1. The van der Waals surface area contributed by atoms with Gasteiger partial charge in [-0.1, -0.05) is 11.8 Å². The van der Waals surface area contributed by atoms with Gasteiger partial charge in [0.25, 0.3) is 0 Å². The van der Waals surface area contributed by atoms with Crippen LogP contribution in [0.5, 0.6) is 0 Å². The molecule has 8 nitrogen and oxygen atoms in total. The number of aliphatic carboxylic acids is 1. The molecule has 0 aliphatic heterocycles. The van der Waals surface area contributed by atoms with Gasteiger partial charge >= 0.3 is 5.97 Å². The maximum absolute atomic E-state index is 11.2. The van der Waals surface area contributed by atoms with Gasteiger partial charge in [-0.2, -0.15) is 0 Å². The van der Waals surface area contributed by atoms with Gasteiger partial charge in [-0.3, -0.25) is 9.52 Å². The summed E-state index contributed by atoms with van der Waals surface area (Å²) in [7, 11) is -1.52. The minimum absolute atomic E-state index is 0.0543. The van der Waals surface area contributed by atoms with E-state index in [9.17, 15) is 13.2 Å². The van der Waals surface area contributed by atoms with E-state index in [1.807, 2.05) is 0 Å². The summed E-state index contributed by atoms with van der Waals surface area (Å²) in [6, 6.07) is 6.76. The number of hydrogen-bond acceptors (Lipinski definition) is 6. The van der Waals surface area contributed by atoms with Crippen molar-refractivity contribution in [3.63, 3.8) is 0 Å². The average Bonchev–Trinajstić information content (AvgIpc) is 2.79. The molecule has 0 atom stereocenters. The van der Waals surface area contributed by atoms with Crippen LogP contribution in [-0.4, -0.2) is 46.3 Å². The summed E-state index contributed by atoms with van der Waals surface area (Å²) >= 11 is 1.32. The fourth-order valence-corrected chi connectivity index (χ4v) is 3.23. The number of anilines is 1. The van der Waals surface area contributed by atoms with Crippen molar-refractivity contribution in [2.24, 2.45) is 7.05 Å². The highest BCUT2D eigenvalue weighted by atomic mass is 32.2. The molecule has 0 unspecified atom stereocenters. The topological polar surface area (TPSA) is 114 Å². The Hall–Kier alpha value is -2.07. The van der Waals surface area contributed by atoms with Gasteiger partial charge in [-0.05, 0) is 24.3 Å². The lowest BCUT2D eigenvalue weighted by Gasteiger charge is -2.06. The molecule has 0 fully saturated rings. The summed E-state index contributed by atoms with van der Waals surface area (Å²) in [6.07, 6.45) is 1.14. The normalized spacial score (nSPS) is 11.4. The van der Waals surface area contributed by atoms with E-state index in [2.05, 4.69) is 14.9 Å². The third-order valence-corrected chi connectivity index (χ3v) is 4.46. The molecule has 1 aromatic carbocycles. The lowest BCUT2D eigenvalue weighted by Crippen LogP contribution is -2.09. The monoisotopic (exact) mass is 356 g/mol. The number of hydrogen-bond donors (Lipinski definition) is 2. The van der Waals surface area contributed by atoms with Gasteiger partial charge in [0, 0.05) is 24.1 Å². The minimum Gasteiger partial charge on any atom is -0.481 e. The number of sulfonamides is 1. The van der Waals surface area contributed by atoms with Crippen LogP contribution in [0.3, 0.4) is 0 Å². The summed E-state index contributed by atoms with van der Waals surface area (Å²) in [6.45, 7) is 0. The molecule has 0 bridgehead atoms. The Morgan fingerprint density at radius 2 is 1.96 bits per heavy atom. The number of nitrogens with zero attached hydrogens (tertiary/aromatic N) is 3. The van der Waals surface area contributed by atoms with Crippen molar-refractivity contribution in [3.8, 4) is 11.4 Å². The van der Waals surface area contributed by atoms with Crippen LogP contribution in [0.2, 0.25) is 0 Å². The number of aromatic nitrogens is 3. The van der Waals surface area contributed by atoms with E-state index in [4.69, 9.17) is 5.11 Å². The summed E-state index contributed by atoms with van der Waals surface area (Å²) < 4.78 is 26.5. The minimum atomic E-state index is -3.31. The predicted molar refractivity (Wildman–Crippen MR) is 87.9 cm³/mol. The van der Waals surface area contributed by atoms with Crippen molar-refractivity contribution in [1.29, 1.82) is 0 Å². The molecule has 2 N–H and O–H groups in total. The zero-order chi connectivity index (χ0) is 17.0. The van der Waals surface area contributed by atoms with Crippen LogP contribution in [0, 0.1) is 0 Å². The highest BCUT2D eigenvalue weighted by Crippen LogP contribution is 2.24. The molecule has 124 valence electrons. The number of rotatable bonds is 7. The van der Waals surface area contributed by atoms with E-state index in [0.717, 1.165) is 11.8 Å². The second kappa shape index (κ2) is 7.01. The van der Waals surface area contributed by atoms with Crippen LogP contribution >= 0.6 is 11.8 Å².